The lowest BCUT2D eigenvalue weighted by Gasteiger charge is -1.95. The van der Waals surface area contributed by atoms with E-state index in [1.54, 1.807) is 0 Å². The van der Waals surface area contributed by atoms with Crippen LogP contribution in [0.1, 0.15) is 51.9 Å². The van der Waals surface area contributed by atoms with E-state index in [1.807, 2.05) is 0 Å². The van der Waals surface area contributed by atoms with E-state index in [2.05, 4.69) is 13.8 Å². The molecule has 0 aliphatic rings. The summed E-state index contributed by atoms with van der Waals surface area (Å²) in [6.07, 6.45) is 9.45. The smallest absolute Gasteiger partial charge is 0.0533 e. The molecule has 10 heavy (non-hydrogen) atoms. The van der Waals surface area contributed by atoms with Gasteiger partial charge in [-0.15, -0.1) is 0 Å². The number of hydrogen-bond donors (Lipinski definition) is 1. The zero-order chi connectivity index (χ0) is 6.95. The summed E-state index contributed by atoms with van der Waals surface area (Å²) in [5, 5.41) is 0. The van der Waals surface area contributed by atoms with E-state index in [9.17, 15) is 0 Å². The monoisotopic (exact) mass is 144 g/mol. The van der Waals surface area contributed by atoms with Crippen molar-refractivity contribution >= 4 is 0 Å². The zero-order valence-electron chi connectivity index (χ0n) is 7.36. The Balaban J connectivity index is 0. The molecule has 0 aliphatic heterocycles. The van der Waals surface area contributed by atoms with Gasteiger partial charge in [0.05, 0.1) is 0 Å². The van der Waals surface area contributed by atoms with Gasteiger partial charge in [-0.2, -0.15) is 0 Å². The molecule has 0 aromatic heterocycles. The lowest BCUT2D eigenvalue weighted by atomic mass is 10.1. The minimum Gasteiger partial charge on any atom is -0.344 e. The Morgan fingerprint density at radius 3 is 1.90 bits per heavy atom. The fraction of sp³-hybridized carbons (Fsp3) is 0.889. The van der Waals surface area contributed by atoms with Crippen LogP contribution in [0.3, 0.4) is 0 Å². The zero-order valence-corrected chi connectivity index (χ0v) is 7.36. The summed E-state index contributed by atoms with van der Waals surface area (Å²) in [6, 6.07) is 0. The molecular formula is C9H22N. The molecule has 0 aromatic rings. The molecule has 0 saturated carbocycles. The highest BCUT2D eigenvalue weighted by Gasteiger charge is 1.85. The molecule has 0 bridgehead atoms. The molecule has 3 N–H and O–H groups in total. The van der Waals surface area contributed by atoms with Crippen molar-refractivity contribution in [2.45, 2.75) is 51.9 Å². The normalized spacial score (nSPS) is 9.00. The van der Waals surface area contributed by atoms with Gasteiger partial charge in [0, 0.05) is 0 Å². The van der Waals surface area contributed by atoms with E-state index in [-0.39, 0.29) is 6.15 Å². The minimum atomic E-state index is 0. The van der Waals surface area contributed by atoms with Gasteiger partial charge in [-0.25, -0.2) is 0 Å². The molecular weight excluding hydrogens is 122 g/mol. The van der Waals surface area contributed by atoms with Crippen LogP contribution in [0.2, 0.25) is 0 Å². The molecule has 0 fully saturated rings. The molecule has 0 unspecified atom stereocenters. The van der Waals surface area contributed by atoms with Crippen LogP contribution >= 0.6 is 0 Å². The molecule has 0 heterocycles. The van der Waals surface area contributed by atoms with Crippen LogP contribution in [0.5, 0.6) is 0 Å². The van der Waals surface area contributed by atoms with Gasteiger partial charge in [0.15, 0.2) is 0 Å². The quantitative estimate of drug-likeness (QED) is 0.566. The van der Waals surface area contributed by atoms with Crippen LogP contribution in [-0.4, -0.2) is 0 Å². The average Bonchev–Trinajstić information content (AvgIpc) is 1.89. The predicted octanol–water partition coefficient (Wildman–Crippen LogP) is 3.73. The lowest BCUT2D eigenvalue weighted by Crippen LogP contribution is -1.76. The van der Waals surface area contributed by atoms with Crippen molar-refractivity contribution in [3.05, 3.63) is 6.92 Å². The van der Waals surface area contributed by atoms with Crippen LogP contribution in [0.25, 0.3) is 0 Å². The fourth-order valence-electron chi connectivity index (χ4n) is 0.957. The van der Waals surface area contributed by atoms with Crippen molar-refractivity contribution in [2.75, 3.05) is 0 Å². The summed E-state index contributed by atoms with van der Waals surface area (Å²) in [6.45, 7) is 6.05. The van der Waals surface area contributed by atoms with Crippen molar-refractivity contribution in [3.8, 4) is 0 Å². The molecule has 1 heteroatoms. The topological polar surface area (TPSA) is 35.0 Å². The van der Waals surface area contributed by atoms with E-state index in [4.69, 9.17) is 0 Å². The Morgan fingerprint density at radius 2 is 1.40 bits per heavy atom. The summed E-state index contributed by atoms with van der Waals surface area (Å²) in [7, 11) is 0. The molecule has 1 radical (unpaired) electrons. The van der Waals surface area contributed by atoms with Crippen LogP contribution in [0.15, 0.2) is 0 Å². The lowest BCUT2D eigenvalue weighted by molar-refractivity contribution is 0.611. The summed E-state index contributed by atoms with van der Waals surface area (Å²) in [5.74, 6) is 0. The summed E-state index contributed by atoms with van der Waals surface area (Å²) in [5.41, 5.74) is 0. The molecule has 0 aliphatic carbocycles. The highest BCUT2D eigenvalue weighted by atomic mass is 14.0. The third-order valence-electron chi connectivity index (χ3n) is 1.60. The van der Waals surface area contributed by atoms with Crippen molar-refractivity contribution < 1.29 is 0 Å². The SMILES string of the molecule is N.[CH2]CCCCCCCC. The summed E-state index contributed by atoms with van der Waals surface area (Å²) in [4.78, 5) is 0. The molecule has 0 spiro atoms. The van der Waals surface area contributed by atoms with Gasteiger partial charge in [-0.3, -0.25) is 0 Å². The maximum atomic E-state index is 3.80. The van der Waals surface area contributed by atoms with Gasteiger partial charge in [0.2, 0.25) is 0 Å². The van der Waals surface area contributed by atoms with E-state index in [0.717, 1.165) is 6.42 Å². The molecule has 0 atom stereocenters. The Bertz CT molecular complexity index is 38.0. The second-order valence-corrected chi connectivity index (χ2v) is 2.62. The van der Waals surface area contributed by atoms with E-state index in [0.29, 0.717) is 0 Å². The maximum Gasteiger partial charge on any atom is -0.0533 e. The standard InChI is InChI=1S/C9H19.H3N/c1-3-5-7-9-8-6-4-2;/h1,3-9H2,2H3;1H3. The third-order valence-corrected chi connectivity index (χ3v) is 1.60. The van der Waals surface area contributed by atoms with E-state index < -0.39 is 0 Å². The Hall–Kier alpha value is -0.0400. The Labute approximate surface area is 65.8 Å². The summed E-state index contributed by atoms with van der Waals surface area (Å²) >= 11 is 0. The predicted molar refractivity (Wildman–Crippen MR) is 48.4 cm³/mol. The molecule has 0 rings (SSSR count). The number of rotatable bonds is 6. The van der Waals surface area contributed by atoms with Gasteiger partial charge in [0.25, 0.3) is 0 Å². The average molecular weight is 144 g/mol. The molecule has 0 saturated heterocycles. The molecule has 1 nitrogen and oxygen atoms in total. The van der Waals surface area contributed by atoms with Gasteiger partial charge in [-0.05, 0) is 0 Å². The van der Waals surface area contributed by atoms with E-state index in [1.165, 1.54) is 38.5 Å². The second kappa shape index (κ2) is 11.7. The van der Waals surface area contributed by atoms with Gasteiger partial charge in [-0.1, -0.05) is 58.8 Å². The summed E-state index contributed by atoms with van der Waals surface area (Å²) < 4.78 is 0. The highest BCUT2D eigenvalue weighted by Crippen LogP contribution is 2.05. The molecule has 63 valence electrons. The van der Waals surface area contributed by atoms with Crippen molar-refractivity contribution in [1.82, 2.24) is 6.15 Å². The first kappa shape index (κ1) is 12.6. The van der Waals surface area contributed by atoms with Crippen LogP contribution in [0, 0.1) is 6.92 Å². The van der Waals surface area contributed by atoms with Crippen molar-refractivity contribution in [1.29, 1.82) is 0 Å². The Morgan fingerprint density at radius 1 is 0.900 bits per heavy atom. The Kier molecular flexibility index (Phi) is 14.8. The van der Waals surface area contributed by atoms with Crippen LogP contribution in [0.4, 0.5) is 0 Å². The van der Waals surface area contributed by atoms with Crippen molar-refractivity contribution in [3.63, 3.8) is 0 Å². The highest BCUT2D eigenvalue weighted by molar-refractivity contribution is 4.44. The maximum absolute atomic E-state index is 3.80. The minimum absolute atomic E-state index is 0. The van der Waals surface area contributed by atoms with Crippen molar-refractivity contribution in [2.24, 2.45) is 0 Å². The van der Waals surface area contributed by atoms with Gasteiger partial charge < -0.3 is 6.15 Å². The van der Waals surface area contributed by atoms with Crippen LogP contribution < -0.4 is 6.15 Å². The van der Waals surface area contributed by atoms with E-state index >= 15 is 0 Å². The largest absolute Gasteiger partial charge is 0.344 e. The first-order chi connectivity index (χ1) is 4.41. The van der Waals surface area contributed by atoms with Crippen LogP contribution in [-0.2, 0) is 0 Å². The third kappa shape index (κ3) is 10.9. The fourth-order valence-corrected chi connectivity index (χ4v) is 0.957. The number of hydrogen-bond acceptors (Lipinski definition) is 1. The van der Waals surface area contributed by atoms with Gasteiger partial charge >= 0.3 is 0 Å². The first-order valence-corrected chi connectivity index (χ1v) is 4.21. The second-order valence-electron chi connectivity index (χ2n) is 2.62. The first-order valence-electron chi connectivity index (χ1n) is 4.21. The molecule has 0 amide bonds. The van der Waals surface area contributed by atoms with Gasteiger partial charge in [0.1, 0.15) is 0 Å². The molecule has 0 aromatic carbocycles. The number of unbranched alkanes of at least 4 members (excludes halogenated alkanes) is 6.